The third kappa shape index (κ3) is 5.40. The maximum atomic E-state index is 12.7. The molecular formula is C17H17N3O4S2. The summed E-state index contributed by atoms with van der Waals surface area (Å²) in [4.78, 5) is 24.3. The van der Waals surface area contributed by atoms with Gasteiger partial charge in [0.1, 0.15) is 6.54 Å². The van der Waals surface area contributed by atoms with Crippen molar-refractivity contribution in [3.63, 3.8) is 0 Å². The van der Waals surface area contributed by atoms with E-state index in [1.165, 1.54) is 11.3 Å². The van der Waals surface area contributed by atoms with Crippen LogP contribution in [0.15, 0.2) is 47.2 Å². The highest BCUT2D eigenvalue weighted by Crippen LogP contribution is 2.12. The molecule has 2 amide bonds. The van der Waals surface area contributed by atoms with Crippen molar-refractivity contribution in [1.29, 1.82) is 5.26 Å². The molecule has 1 atom stereocenters. The molecule has 26 heavy (non-hydrogen) atoms. The molecule has 2 N–H and O–H groups in total. The molecule has 1 heterocycles. The normalized spacial score (nSPS) is 12.0. The van der Waals surface area contributed by atoms with Crippen molar-refractivity contribution in [2.45, 2.75) is 11.0 Å². The second kappa shape index (κ2) is 9.12. The van der Waals surface area contributed by atoms with Crippen LogP contribution in [0.2, 0.25) is 0 Å². The highest BCUT2D eigenvalue weighted by atomic mass is 32.2. The number of carbonyl (C=O) groups excluding carboxylic acids is 2. The van der Waals surface area contributed by atoms with Crippen molar-refractivity contribution >= 4 is 33.0 Å². The Labute approximate surface area is 155 Å². The Bertz CT molecular complexity index is 888. The number of nitrogens with zero attached hydrogens (tertiary/aromatic N) is 1. The van der Waals surface area contributed by atoms with Crippen LogP contribution in [0, 0.1) is 11.3 Å². The fraction of sp³-hybridized carbons (Fsp3) is 0.235. The molecule has 0 saturated heterocycles. The molecule has 0 fully saturated rings. The summed E-state index contributed by atoms with van der Waals surface area (Å²) in [6.45, 7) is -0.685. The van der Waals surface area contributed by atoms with Gasteiger partial charge in [-0.3, -0.25) is 9.59 Å². The van der Waals surface area contributed by atoms with Gasteiger partial charge in [-0.25, -0.2) is 8.42 Å². The number of carbonyl (C=O) groups is 2. The average molecular weight is 391 g/mol. The molecule has 0 aliphatic rings. The third-order valence-electron chi connectivity index (χ3n) is 3.51. The molecule has 0 aliphatic heterocycles. The molecule has 0 spiro atoms. The number of amides is 2. The predicted octanol–water partition coefficient (Wildman–Crippen LogP) is 1.10. The zero-order chi connectivity index (χ0) is 19.0. The average Bonchev–Trinajstić information content (AvgIpc) is 3.15. The lowest BCUT2D eigenvalue weighted by molar-refractivity contribution is -0.120. The topological polar surface area (TPSA) is 116 Å². The molecule has 0 radical (unpaired) electrons. The Morgan fingerprint density at radius 1 is 1.15 bits per heavy atom. The van der Waals surface area contributed by atoms with Gasteiger partial charge in [0.2, 0.25) is 5.91 Å². The highest BCUT2D eigenvalue weighted by molar-refractivity contribution is 7.92. The summed E-state index contributed by atoms with van der Waals surface area (Å²) < 4.78 is 25.4. The van der Waals surface area contributed by atoms with Gasteiger partial charge in [-0.2, -0.15) is 16.6 Å². The van der Waals surface area contributed by atoms with E-state index in [9.17, 15) is 18.0 Å². The lowest BCUT2D eigenvalue weighted by Crippen LogP contribution is -2.47. The van der Waals surface area contributed by atoms with Gasteiger partial charge in [0.15, 0.2) is 15.1 Å². The molecule has 9 heteroatoms. The van der Waals surface area contributed by atoms with E-state index >= 15 is 0 Å². The smallest absolute Gasteiger partial charge is 0.252 e. The molecule has 2 aromatic rings. The summed E-state index contributed by atoms with van der Waals surface area (Å²) in [5.41, 5.74) is 0.932. The number of hydrogen-bond acceptors (Lipinski definition) is 6. The largest absolute Gasteiger partial charge is 0.350 e. The minimum atomic E-state index is -3.90. The summed E-state index contributed by atoms with van der Waals surface area (Å²) >= 11 is 1.33. The fourth-order valence-electron chi connectivity index (χ4n) is 2.21. The molecule has 1 unspecified atom stereocenters. The van der Waals surface area contributed by atoms with Crippen LogP contribution >= 0.6 is 11.3 Å². The zero-order valence-corrected chi connectivity index (χ0v) is 15.3. The van der Waals surface area contributed by atoms with E-state index in [1.54, 1.807) is 53.2 Å². The molecule has 136 valence electrons. The minimum absolute atomic E-state index is 0.311. The molecule has 2 rings (SSSR count). The number of sulfone groups is 1. The molecule has 0 aliphatic carbocycles. The summed E-state index contributed by atoms with van der Waals surface area (Å²) in [6, 6.07) is 11.8. The SMILES string of the molecule is N#CCNC(=O)C(CNC(=O)c1ccsc1)S(=O)(=O)Cc1ccccc1. The number of benzene rings is 1. The number of thiophene rings is 1. The van der Waals surface area contributed by atoms with E-state index in [1.807, 2.05) is 0 Å². The second-order valence-electron chi connectivity index (χ2n) is 5.38. The van der Waals surface area contributed by atoms with Crippen LogP contribution in [-0.4, -0.2) is 38.6 Å². The second-order valence-corrected chi connectivity index (χ2v) is 8.34. The van der Waals surface area contributed by atoms with Crippen LogP contribution in [0.3, 0.4) is 0 Å². The maximum absolute atomic E-state index is 12.7. The standard InChI is InChI=1S/C17H17N3O4S2/c18-7-8-19-17(22)15(10-20-16(21)14-6-9-25-11-14)26(23,24)12-13-4-2-1-3-5-13/h1-6,9,11,15H,8,10,12H2,(H,19,22)(H,20,21). The van der Waals surface area contributed by atoms with Crippen molar-refractivity contribution in [3.05, 3.63) is 58.3 Å². The number of nitrogens with one attached hydrogen (secondary N) is 2. The van der Waals surface area contributed by atoms with Gasteiger partial charge in [-0.05, 0) is 17.0 Å². The van der Waals surface area contributed by atoms with Crippen LogP contribution < -0.4 is 10.6 Å². The molecule has 7 nitrogen and oxygen atoms in total. The van der Waals surface area contributed by atoms with Gasteiger partial charge >= 0.3 is 0 Å². The Morgan fingerprint density at radius 3 is 2.50 bits per heavy atom. The van der Waals surface area contributed by atoms with E-state index in [4.69, 9.17) is 5.26 Å². The van der Waals surface area contributed by atoms with Crippen molar-refractivity contribution < 1.29 is 18.0 Å². The van der Waals surface area contributed by atoms with E-state index in [-0.39, 0.29) is 18.8 Å². The van der Waals surface area contributed by atoms with Crippen molar-refractivity contribution in [3.8, 4) is 6.07 Å². The Balaban J connectivity index is 2.15. The fourth-order valence-corrected chi connectivity index (χ4v) is 4.45. The molecule has 0 bridgehead atoms. The van der Waals surface area contributed by atoms with Crippen molar-refractivity contribution in [2.75, 3.05) is 13.1 Å². The Morgan fingerprint density at radius 2 is 1.88 bits per heavy atom. The maximum Gasteiger partial charge on any atom is 0.252 e. The first-order valence-electron chi connectivity index (χ1n) is 7.64. The van der Waals surface area contributed by atoms with Crippen molar-refractivity contribution in [2.24, 2.45) is 0 Å². The zero-order valence-electron chi connectivity index (χ0n) is 13.7. The summed E-state index contributed by atoms with van der Waals surface area (Å²) in [5, 5.41) is 15.2. The monoisotopic (exact) mass is 391 g/mol. The van der Waals surface area contributed by atoms with E-state index < -0.39 is 26.9 Å². The van der Waals surface area contributed by atoms with Gasteiger partial charge in [-0.15, -0.1) is 0 Å². The first-order chi connectivity index (χ1) is 12.4. The third-order valence-corrected chi connectivity index (χ3v) is 6.18. The lowest BCUT2D eigenvalue weighted by atomic mass is 10.2. The van der Waals surface area contributed by atoms with Crippen LogP contribution in [0.4, 0.5) is 0 Å². The number of rotatable bonds is 8. The van der Waals surface area contributed by atoms with Crippen LogP contribution in [-0.2, 0) is 20.4 Å². The van der Waals surface area contributed by atoms with E-state index in [2.05, 4.69) is 10.6 Å². The molecule has 1 aromatic heterocycles. The van der Waals surface area contributed by atoms with Gasteiger partial charge in [0, 0.05) is 17.5 Å². The molecule has 0 saturated carbocycles. The van der Waals surface area contributed by atoms with Gasteiger partial charge in [-0.1, -0.05) is 30.3 Å². The first kappa shape index (κ1) is 19.6. The molecular weight excluding hydrogens is 374 g/mol. The van der Waals surface area contributed by atoms with Gasteiger partial charge in [0.05, 0.1) is 11.8 Å². The predicted molar refractivity (Wildman–Crippen MR) is 98.1 cm³/mol. The Hall–Kier alpha value is -2.70. The summed E-state index contributed by atoms with van der Waals surface area (Å²) in [6.07, 6.45) is 0. The first-order valence-corrected chi connectivity index (χ1v) is 10.3. The van der Waals surface area contributed by atoms with Gasteiger partial charge in [0.25, 0.3) is 5.91 Å². The van der Waals surface area contributed by atoms with E-state index in [0.717, 1.165) is 0 Å². The summed E-state index contributed by atoms with van der Waals surface area (Å²) in [7, 11) is -3.90. The summed E-state index contributed by atoms with van der Waals surface area (Å²) in [5.74, 6) is -1.61. The number of hydrogen-bond donors (Lipinski definition) is 2. The van der Waals surface area contributed by atoms with Crippen LogP contribution in [0.5, 0.6) is 0 Å². The Kier molecular flexibility index (Phi) is 6.89. The highest BCUT2D eigenvalue weighted by Gasteiger charge is 2.33. The quantitative estimate of drug-likeness (QED) is 0.654. The molecule has 1 aromatic carbocycles. The van der Waals surface area contributed by atoms with Crippen LogP contribution in [0.1, 0.15) is 15.9 Å². The number of nitriles is 1. The minimum Gasteiger partial charge on any atom is -0.350 e. The lowest BCUT2D eigenvalue weighted by Gasteiger charge is -2.17. The van der Waals surface area contributed by atoms with Crippen molar-refractivity contribution in [1.82, 2.24) is 10.6 Å². The van der Waals surface area contributed by atoms with E-state index in [0.29, 0.717) is 11.1 Å². The van der Waals surface area contributed by atoms with Gasteiger partial charge < -0.3 is 10.6 Å². The van der Waals surface area contributed by atoms with Crippen LogP contribution in [0.25, 0.3) is 0 Å².